The van der Waals surface area contributed by atoms with Crippen molar-refractivity contribution in [3.05, 3.63) is 0 Å². The van der Waals surface area contributed by atoms with Crippen LogP contribution in [0.2, 0.25) is 0 Å². The van der Waals surface area contributed by atoms with Crippen LogP contribution in [0.15, 0.2) is 0 Å². The van der Waals surface area contributed by atoms with Crippen molar-refractivity contribution >= 4 is 0 Å². The van der Waals surface area contributed by atoms with Gasteiger partial charge in [0, 0.05) is 12.6 Å². The van der Waals surface area contributed by atoms with E-state index >= 15 is 0 Å². The molecule has 1 atom stereocenters. The molecule has 106 valence electrons. The van der Waals surface area contributed by atoms with Crippen LogP contribution in [-0.2, 0) is 0 Å². The number of hydrogen-bond acceptors (Lipinski definition) is 3. The summed E-state index contributed by atoms with van der Waals surface area (Å²) in [6.07, 6.45) is 10.4. The molecule has 2 aliphatic rings. The molecule has 0 amide bonds. The summed E-state index contributed by atoms with van der Waals surface area (Å²) in [4.78, 5) is 2.64. The first kappa shape index (κ1) is 14.3. The number of aliphatic hydroxyl groups excluding tert-OH is 1. The maximum atomic E-state index is 8.73. The Labute approximate surface area is 112 Å². The van der Waals surface area contributed by atoms with Crippen molar-refractivity contribution in [3.8, 4) is 0 Å². The van der Waals surface area contributed by atoms with Crippen molar-refractivity contribution in [2.24, 2.45) is 5.92 Å². The molecule has 18 heavy (non-hydrogen) atoms. The molecule has 0 radical (unpaired) electrons. The number of likely N-dealkylation sites (tertiary alicyclic amines) is 1. The molecule has 3 heteroatoms. The maximum absolute atomic E-state index is 8.73. The molecule has 3 nitrogen and oxygen atoms in total. The topological polar surface area (TPSA) is 35.5 Å². The van der Waals surface area contributed by atoms with E-state index in [0.717, 1.165) is 18.4 Å². The van der Waals surface area contributed by atoms with Gasteiger partial charge in [-0.3, -0.25) is 0 Å². The van der Waals surface area contributed by atoms with Crippen molar-refractivity contribution in [1.82, 2.24) is 10.2 Å². The van der Waals surface area contributed by atoms with Gasteiger partial charge in [-0.2, -0.15) is 0 Å². The summed E-state index contributed by atoms with van der Waals surface area (Å²) in [7, 11) is 0. The molecule has 0 spiro atoms. The van der Waals surface area contributed by atoms with Gasteiger partial charge in [-0.1, -0.05) is 12.8 Å². The molecule has 1 unspecified atom stereocenters. The van der Waals surface area contributed by atoms with Crippen LogP contribution < -0.4 is 5.32 Å². The molecule has 2 heterocycles. The fourth-order valence-electron chi connectivity index (χ4n) is 3.49. The van der Waals surface area contributed by atoms with E-state index in [1.54, 1.807) is 0 Å². The third-order valence-corrected chi connectivity index (χ3v) is 4.68. The average molecular weight is 254 g/mol. The van der Waals surface area contributed by atoms with Crippen LogP contribution in [0.5, 0.6) is 0 Å². The summed E-state index contributed by atoms with van der Waals surface area (Å²) in [5, 5.41) is 12.4. The summed E-state index contributed by atoms with van der Waals surface area (Å²) in [5.74, 6) is 0.943. The highest BCUT2D eigenvalue weighted by Crippen LogP contribution is 2.25. The molecule has 0 aromatic rings. The number of unbranched alkanes of at least 4 members (excludes halogenated alkanes) is 3. The lowest BCUT2D eigenvalue weighted by Crippen LogP contribution is -2.41. The van der Waals surface area contributed by atoms with Gasteiger partial charge in [0.2, 0.25) is 0 Å². The summed E-state index contributed by atoms with van der Waals surface area (Å²) in [6.45, 7) is 5.50. The van der Waals surface area contributed by atoms with Gasteiger partial charge in [-0.25, -0.2) is 0 Å². The summed E-state index contributed by atoms with van der Waals surface area (Å²) in [5.41, 5.74) is 0. The van der Waals surface area contributed by atoms with E-state index in [1.807, 2.05) is 0 Å². The number of piperidine rings is 1. The minimum absolute atomic E-state index is 0.361. The molecule has 0 saturated carbocycles. The van der Waals surface area contributed by atoms with Crippen molar-refractivity contribution in [2.45, 2.75) is 57.4 Å². The van der Waals surface area contributed by atoms with Crippen molar-refractivity contribution in [3.63, 3.8) is 0 Å². The second-order valence-corrected chi connectivity index (χ2v) is 6.02. The van der Waals surface area contributed by atoms with Crippen LogP contribution in [0, 0.1) is 5.92 Å². The van der Waals surface area contributed by atoms with Crippen LogP contribution in [0.1, 0.15) is 51.4 Å². The predicted molar refractivity (Wildman–Crippen MR) is 75.7 cm³/mol. The highest BCUT2D eigenvalue weighted by molar-refractivity contribution is 4.85. The minimum atomic E-state index is 0.361. The standard InChI is InChI=1S/C15H30N2O/c18-13-4-2-1-3-10-17-11-7-14(8-12-17)15-6-5-9-16-15/h14-16,18H,1-13H2. The first-order valence-electron chi connectivity index (χ1n) is 7.97. The SMILES string of the molecule is OCCCCCCN1CCC(C2CCCN2)CC1. The third-order valence-electron chi connectivity index (χ3n) is 4.68. The highest BCUT2D eigenvalue weighted by Gasteiger charge is 2.27. The Hall–Kier alpha value is -0.120. The molecular weight excluding hydrogens is 224 g/mol. The quantitative estimate of drug-likeness (QED) is 0.682. The Kier molecular flexibility index (Phi) is 6.46. The van der Waals surface area contributed by atoms with Crippen molar-refractivity contribution in [1.29, 1.82) is 0 Å². The maximum Gasteiger partial charge on any atom is 0.0431 e. The molecule has 2 saturated heterocycles. The van der Waals surface area contributed by atoms with E-state index in [-0.39, 0.29) is 0 Å². The molecule has 2 fully saturated rings. The Morgan fingerprint density at radius 1 is 1.00 bits per heavy atom. The molecular formula is C15H30N2O. The lowest BCUT2D eigenvalue weighted by atomic mass is 9.88. The van der Waals surface area contributed by atoms with E-state index in [1.165, 1.54) is 71.1 Å². The van der Waals surface area contributed by atoms with Gasteiger partial charge in [0.25, 0.3) is 0 Å². The lowest BCUT2D eigenvalue weighted by Gasteiger charge is -2.34. The van der Waals surface area contributed by atoms with E-state index in [9.17, 15) is 0 Å². The molecule has 0 aromatic carbocycles. The number of hydrogen-bond donors (Lipinski definition) is 2. The second kappa shape index (κ2) is 8.13. The van der Waals surface area contributed by atoms with Crippen LogP contribution in [0.25, 0.3) is 0 Å². The zero-order valence-electron chi connectivity index (χ0n) is 11.7. The Balaban J connectivity index is 1.53. The molecule has 0 aliphatic carbocycles. The molecule has 2 rings (SSSR count). The normalized spacial score (nSPS) is 26.8. The van der Waals surface area contributed by atoms with E-state index in [4.69, 9.17) is 5.11 Å². The summed E-state index contributed by atoms with van der Waals surface area (Å²) in [6, 6.07) is 0.830. The van der Waals surface area contributed by atoms with Gasteiger partial charge >= 0.3 is 0 Å². The van der Waals surface area contributed by atoms with E-state index in [2.05, 4.69) is 10.2 Å². The van der Waals surface area contributed by atoms with Crippen molar-refractivity contribution in [2.75, 3.05) is 32.8 Å². The Morgan fingerprint density at radius 3 is 2.44 bits per heavy atom. The molecule has 0 bridgehead atoms. The minimum Gasteiger partial charge on any atom is -0.396 e. The largest absolute Gasteiger partial charge is 0.396 e. The lowest BCUT2D eigenvalue weighted by molar-refractivity contribution is 0.161. The smallest absolute Gasteiger partial charge is 0.0431 e. The number of aliphatic hydroxyl groups is 1. The van der Waals surface area contributed by atoms with Crippen LogP contribution >= 0.6 is 0 Å². The van der Waals surface area contributed by atoms with Gasteiger partial charge in [0.15, 0.2) is 0 Å². The van der Waals surface area contributed by atoms with E-state index < -0.39 is 0 Å². The summed E-state index contributed by atoms with van der Waals surface area (Å²) < 4.78 is 0. The van der Waals surface area contributed by atoms with Gasteiger partial charge in [-0.05, 0) is 70.6 Å². The first-order chi connectivity index (χ1) is 8.90. The van der Waals surface area contributed by atoms with Gasteiger partial charge < -0.3 is 15.3 Å². The first-order valence-corrected chi connectivity index (χ1v) is 7.97. The molecule has 2 aliphatic heterocycles. The van der Waals surface area contributed by atoms with Crippen LogP contribution in [-0.4, -0.2) is 48.8 Å². The predicted octanol–water partition coefficient (Wildman–Crippen LogP) is 2.00. The number of nitrogens with zero attached hydrogens (tertiary/aromatic N) is 1. The number of rotatable bonds is 7. The van der Waals surface area contributed by atoms with E-state index in [0.29, 0.717) is 6.61 Å². The molecule has 2 N–H and O–H groups in total. The fraction of sp³-hybridized carbons (Fsp3) is 1.00. The third kappa shape index (κ3) is 4.52. The van der Waals surface area contributed by atoms with Gasteiger partial charge in [-0.15, -0.1) is 0 Å². The fourth-order valence-corrected chi connectivity index (χ4v) is 3.49. The zero-order chi connectivity index (χ0) is 12.6. The van der Waals surface area contributed by atoms with Crippen LogP contribution in [0.4, 0.5) is 0 Å². The Morgan fingerprint density at radius 2 is 1.78 bits per heavy atom. The van der Waals surface area contributed by atoms with Crippen molar-refractivity contribution < 1.29 is 5.11 Å². The van der Waals surface area contributed by atoms with Crippen LogP contribution in [0.3, 0.4) is 0 Å². The Bertz CT molecular complexity index is 209. The second-order valence-electron chi connectivity index (χ2n) is 6.02. The monoisotopic (exact) mass is 254 g/mol. The summed E-state index contributed by atoms with van der Waals surface area (Å²) >= 11 is 0. The highest BCUT2D eigenvalue weighted by atomic mass is 16.2. The number of nitrogens with one attached hydrogen (secondary N) is 1. The van der Waals surface area contributed by atoms with Gasteiger partial charge in [0.05, 0.1) is 0 Å². The van der Waals surface area contributed by atoms with Gasteiger partial charge in [0.1, 0.15) is 0 Å². The average Bonchev–Trinajstić information content (AvgIpc) is 2.93. The zero-order valence-corrected chi connectivity index (χ0v) is 11.7. The molecule has 0 aromatic heterocycles.